The van der Waals surface area contributed by atoms with Crippen LogP contribution in [0.5, 0.6) is 0 Å². The van der Waals surface area contributed by atoms with E-state index in [1.807, 2.05) is 6.92 Å². The van der Waals surface area contributed by atoms with E-state index in [0.29, 0.717) is 5.69 Å². The van der Waals surface area contributed by atoms with Gasteiger partial charge in [-0.2, -0.15) is 0 Å². The third kappa shape index (κ3) is 3.52. The zero-order valence-electron chi connectivity index (χ0n) is 12.5. The molecular weight excluding hydrogens is 284 g/mol. The summed E-state index contributed by atoms with van der Waals surface area (Å²) < 4.78 is 5.14. The van der Waals surface area contributed by atoms with Gasteiger partial charge in [-0.3, -0.25) is 4.79 Å². The molecule has 1 heterocycles. The molecule has 1 aromatic rings. The quantitative estimate of drug-likeness (QED) is 0.514. The van der Waals surface area contributed by atoms with E-state index < -0.39 is 17.9 Å². The molecule has 1 atom stereocenters. The molecule has 0 radical (unpaired) electrons. The van der Waals surface area contributed by atoms with Crippen molar-refractivity contribution in [1.29, 1.82) is 0 Å². The molecule has 0 bridgehead atoms. The predicted molar refractivity (Wildman–Crippen MR) is 81.0 cm³/mol. The normalized spacial score (nSPS) is 17.5. The Morgan fingerprint density at radius 1 is 1.32 bits per heavy atom. The minimum absolute atomic E-state index is 0.0810. The molecule has 6 heteroatoms. The number of hydrogen-bond donors (Lipinski definition) is 1. The number of nitrogens with zero attached hydrogens (tertiary/aromatic N) is 1. The number of nitrogens with one attached hydrogen (secondary N) is 1. The molecule has 1 N–H and O–H groups in total. The zero-order chi connectivity index (χ0) is 16.1. The fourth-order valence-electron chi connectivity index (χ4n) is 2.16. The minimum Gasteiger partial charge on any atom is -0.459 e. The van der Waals surface area contributed by atoms with Crippen molar-refractivity contribution in [2.75, 3.05) is 4.90 Å². The van der Waals surface area contributed by atoms with Crippen molar-refractivity contribution in [2.45, 2.75) is 32.8 Å². The number of urea groups is 1. The number of amides is 3. The van der Waals surface area contributed by atoms with E-state index in [1.165, 1.54) is 0 Å². The third-order valence-corrected chi connectivity index (χ3v) is 3.17. The van der Waals surface area contributed by atoms with Gasteiger partial charge in [0.25, 0.3) is 5.91 Å². The Morgan fingerprint density at radius 3 is 2.64 bits per heavy atom. The molecule has 1 aliphatic heterocycles. The highest BCUT2D eigenvalue weighted by Crippen LogP contribution is 2.20. The number of para-hydroxylation sites is 1. The molecule has 1 fully saturated rings. The van der Waals surface area contributed by atoms with E-state index >= 15 is 0 Å². The molecule has 3 amide bonds. The Labute approximate surface area is 128 Å². The van der Waals surface area contributed by atoms with Gasteiger partial charge >= 0.3 is 12.0 Å². The lowest BCUT2D eigenvalue weighted by atomic mass is 10.2. The summed E-state index contributed by atoms with van der Waals surface area (Å²) in [6.45, 7) is 3.77. The third-order valence-electron chi connectivity index (χ3n) is 3.17. The summed E-state index contributed by atoms with van der Waals surface area (Å²) in [6, 6.07) is 7.92. The van der Waals surface area contributed by atoms with Crippen LogP contribution in [0.1, 0.15) is 26.7 Å². The van der Waals surface area contributed by atoms with Crippen LogP contribution in [-0.4, -0.2) is 24.0 Å². The van der Waals surface area contributed by atoms with Crippen LogP contribution in [-0.2, 0) is 14.3 Å². The number of rotatable bonds is 5. The lowest BCUT2D eigenvalue weighted by Gasteiger charge is -2.11. The maximum Gasteiger partial charge on any atom is 0.333 e. The van der Waals surface area contributed by atoms with Crippen molar-refractivity contribution in [3.8, 4) is 0 Å². The number of benzene rings is 1. The second-order valence-electron chi connectivity index (χ2n) is 5.00. The van der Waals surface area contributed by atoms with Gasteiger partial charge in [0, 0.05) is 0 Å². The monoisotopic (exact) mass is 302 g/mol. The van der Waals surface area contributed by atoms with Crippen LogP contribution in [0.2, 0.25) is 0 Å². The number of anilines is 1. The van der Waals surface area contributed by atoms with Crippen LogP contribution in [0, 0.1) is 0 Å². The second-order valence-corrected chi connectivity index (χ2v) is 5.00. The fourth-order valence-corrected chi connectivity index (χ4v) is 2.16. The largest absolute Gasteiger partial charge is 0.459 e. The Balaban J connectivity index is 2.11. The van der Waals surface area contributed by atoms with E-state index in [1.54, 1.807) is 37.3 Å². The highest BCUT2D eigenvalue weighted by Gasteiger charge is 2.35. The summed E-state index contributed by atoms with van der Waals surface area (Å²) >= 11 is 0. The van der Waals surface area contributed by atoms with E-state index in [0.717, 1.165) is 23.8 Å². The van der Waals surface area contributed by atoms with Gasteiger partial charge in [-0.1, -0.05) is 31.5 Å². The number of carbonyl (C=O) groups is 3. The molecule has 6 nitrogen and oxygen atoms in total. The maximum absolute atomic E-state index is 12.2. The van der Waals surface area contributed by atoms with Gasteiger partial charge in [0.15, 0.2) is 0 Å². The highest BCUT2D eigenvalue weighted by molar-refractivity contribution is 6.27. The van der Waals surface area contributed by atoms with Crippen LogP contribution in [0.15, 0.2) is 42.1 Å². The predicted octanol–water partition coefficient (Wildman–Crippen LogP) is 2.36. The molecule has 1 unspecified atom stereocenters. The van der Waals surface area contributed by atoms with Gasteiger partial charge < -0.3 is 10.1 Å². The Hall–Kier alpha value is -2.63. The molecule has 1 aliphatic rings. The van der Waals surface area contributed by atoms with Gasteiger partial charge in [-0.05, 0) is 25.5 Å². The molecule has 1 saturated heterocycles. The average Bonchev–Trinajstić information content (AvgIpc) is 2.74. The van der Waals surface area contributed by atoms with Crippen molar-refractivity contribution in [3.05, 3.63) is 42.1 Å². The Morgan fingerprint density at radius 2 is 2.00 bits per heavy atom. The van der Waals surface area contributed by atoms with Crippen molar-refractivity contribution in [1.82, 2.24) is 5.32 Å². The first-order valence-electron chi connectivity index (χ1n) is 7.15. The van der Waals surface area contributed by atoms with Crippen molar-refractivity contribution in [3.63, 3.8) is 0 Å². The van der Waals surface area contributed by atoms with Crippen molar-refractivity contribution in [2.24, 2.45) is 0 Å². The molecule has 2 rings (SSSR count). The van der Waals surface area contributed by atoms with Gasteiger partial charge in [-0.25, -0.2) is 14.5 Å². The fraction of sp³-hybridized carbons (Fsp3) is 0.312. The number of ether oxygens (including phenoxy) is 1. The zero-order valence-corrected chi connectivity index (χ0v) is 12.5. The summed E-state index contributed by atoms with van der Waals surface area (Å²) in [5, 5.41) is 2.39. The van der Waals surface area contributed by atoms with Crippen LogP contribution < -0.4 is 10.2 Å². The molecule has 1 aromatic carbocycles. The summed E-state index contributed by atoms with van der Waals surface area (Å²) in [7, 11) is 0. The first-order valence-corrected chi connectivity index (χ1v) is 7.15. The number of imide groups is 1. The van der Waals surface area contributed by atoms with E-state index in [-0.39, 0.29) is 11.8 Å². The van der Waals surface area contributed by atoms with Gasteiger partial charge in [0.1, 0.15) is 5.70 Å². The Bertz CT molecular complexity index is 610. The average molecular weight is 302 g/mol. The molecule has 116 valence electrons. The standard InChI is InChI=1S/C16H18N2O4/c1-3-7-11(2)22-14(19)10-13-15(20)18(16(21)17-13)12-8-5-4-6-9-12/h4-6,8-11H,3,7H2,1-2H3,(H,17,21)/b13-10-. The van der Waals surface area contributed by atoms with Gasteiger partial charge in [0.2, 0.25) is 0 Å². The first-order chi connectivity index (χ1) is 10.5. The summed E-state index contributed by atoms with van der Waals surface area (Å²) in [5.41, 5.74) is 0.365. The van der Waals surface area contributed by atoms with Gasteiger partial charge in [-0.15, -0.1) is 0 Å². The smallest absolute Gasteiger partial charge is 0.333 e. The van der Waals surface area contributed by atoms with Gasteiger partial charge in [0.05, 0.1) is 17.9 Å². The molecule has 0 saturated carbocycles. The minimum atomic E-state index is -0.639. The first kappa shape index (κ1) is 15.8. The molecule has 0 aliphatic carbocycles. The maximum atomic E-state index is 12.2. The van der Waals surface area contributed by atoms with Crippen LogP contribution in [0.4, 0.5) is 10.5 Å². The molecule has 0 aromatic heterocycles. The number of esters is 1. The lowest BCUT2D eigenvalue weighted by Crippen LogP contribution is -2.30. The highest BCUT2D eigenvalue weighted by atomic mass is 16.5. The van der Waals surface area contributed by atoms with E-state index in [9.17, 15) is 14.4 Å². The molecule has 22 heavy (non-hydrogen) atoms. The summed E-state index contributed by atoms with van der Waals surface area (Å²) in [5.74, 6) is -1.21. The summed E-state index contributed by atoms with van der Waals surface area (Å²) in [4.78, 5) is 36.9. The van der Waals surface area contributed by atoms with Crippen LogP contribution >= 0.6 is 0 Å². The van der Waals surface area contributed by atoms with Crippen molar-refractivity contribution < 1.29 is 19.1 Å². The van der Waals surface area contributed by atoms with E-state index in [4.69, 9.17) is 4.74 Å². The van der Waals surface area contributed by atoms with Crippen molar-refractivity contribution >= 4 is 23.6 Å². The Kier molecular flexibility index (Phi) is 4.93. The van der Waals surface area contributed by atoms with Crippen LogP contribution in [0.25, 0.3) is 0 Å². The molecular formula is C16H18N2O4. The SMILES string of the molecule is CCCC(C)OC(=O)/C=C1\NC(=O)N(c2ccccc2)C1=O. The second kappa shape index (κ2) is 6.89. The summed E-state index contributed by atoms with van der Waals surface area (Å²) in [6.07, 6.45) is 2.43. The van der Waals surface area contributed by atoms with E-state index in [2.05, 4.69) is 5.32 Å². The van der Waals surface area contributed by atoms with Crippen LogP contribution in [0.3, 0.4) is 0 Å². The molecule has 0 spiro atoms. The lowest BCUT2D eigenvalue weighted by molar-refractivity contribution is -0.142. The topological polar surface area (TPSA) is 75.7 Å². The number of hydrogen-bond acceptors (Lipinski definition) is 4. The number of carbonyl (C=O) groups excluding carboxylic acids is 3.